The highest BCUT2D eigenvalue weighted by Gasteiger charge is 2.36. The summed E-state index contributed by atoms with van der Waals surface area (Å²) in [5, 5.41) is 3.59. The summed E-state index contributed by atoms with van der Waals surface area (Å²) < 4.78 is 16.4. The Hall–Kier alpha value is -0.880. The highest BCUT2D eigenvalue weighted by molar-refractivity contribution is 5.85. The first-order chi connectivity index (χ1) is 9.83. The van der Waals surface area contributed by atoms with Gasteiger partial charge in [0.1, 0.15) is 5.75 Å². The van der Waals surface area contributed by atoms with Crippen molar-refractivity contribution in [3.8, 4) is 17.2 Å². The predicted molar refractivity (Wildman–Crippen MR) is 88.8 cm³/mol. The molecule has 2 fully saturated rings. The summed E-state index contributed by atoms with van der Waals surface area (Å²) in [5.41, 5.74) is 1.18. The number of hydrogen-bond acceptors (Lipinski definition) is 5. The van der Waals surface area contributed by atoms with Crippen LogP contribution in [0.5, 0.6) is 17.2 Å². The maximum Gasteiger partial charge on any atom is 0.231 e. The van der Waals surface area contributed by atoms with Crippen LogP contribution in [0.15, 0.2) is 12.1 Å². The van der Waals surface area contributed by atoms with Gasteiger partial charge in [-0.1, -0.05) is 0 Å². The van der Waals surface area contributed by atoms with Crippen molar-refractivity contribution in [1.82, 2.24) is 10.2 Å². The second-order valence-corrected chi connectivity index (χ2v) is 5.82. The van der Waals surface area contributed by atoms with Crippen molar-refractivity contribution in [2.24, 2.45) is 5.92 Å². The highest BCUT2D eigenvalue weighted by atomic mass is 35.5. The number of hydrogen-bond donors (Lipinski definition) is 1. The Morgan fingerprint density at radius 2 is 2.00 bits per heavy atom. The quantitative estimate of drug-likeness (QED) is 0.905. The highest BCUT2D eigenvalue weighted by Crippen LogP contribution is 2.39. The minimum Gasteiger partial charge on any atom is -0.496 e. The lowest BCUT2D eigenvalue weighted by Crippen LogP contribution is -2.30. The molecule has 0 saturated carbocycles. The fraction of sp³-hybridized carbons (Fsp3) is 0.600. The standard InChI is InChI=1S/C15H20N2O3.2ClH/c1-18-13-5-15-14(19-9-20-15)4-11(13)7-17-6-10-2-3-16-12(10)8-17;;/h4-5,10,12,16H,2-3,6-9H2,1H3;2*1H/t10-,12+;;/m0../s1. The molecule has 5 nitrogen and oxygen atoms in total. The minimum atomic E-state index is 0. The summed E-state index contributed by atoms with van der Waals surface area (Å²) in [6.45, 7) is 4.70. The largest absolute Gasteiger partial charge is 0.496 e. The second-order valence-electron chi connectivity index (χ2n) is 5.82. The molecule has 3 aliphatic rings. The Balaban J connectivity index is 0.000000882. The molecule has 7 heteroatoms. The molecule has 4 rings (SSSR count). The number of nitrogens with one attached hydrogen (secondary N) is 1. The van der Waals surface area contributed by atoms with Gasteiger partial charge >= 0.3 is 0 Å². The number of halogens is 2. The van der Waals surface area contributed by atoms with Crippen LogP contribution < -0.4 is 19.5 Å². The molecule has 0 unspecified atom stereocenters. The normalized spacial score (nSPS) is 25.3. The number of rotatable bonds is 3. The van der Waals surface area contributed by atoms with E-state index in [1.54, 1.807) is 7.11 Å². The van der Waals surface area contributed by atoms with Crippen LogP contribution in [0.25, 0.3) is 0 Å². The lowest BCUT2D eigenvalue weighted by molar-refractivity contribution is 0.174. The monoisotopic (exact) mass is 348 g/mol. The molecule has 0 spiro atoms. The Morgan fingerprint density at radius 1 is 1.23 bits per heavy atom. The fourth-order valence-electron chi connectivity index (χ4n) is 3.59. The zero-order valence-corrected chi connectivity index (χ0v) is 14.2. The average molecular weight is 349 g/mol. The van der Waals surface area contributed by atoms with E-state index in [4.69, 9.17) is 14.2 Å². The van der Waals surface area contributed by atoms with E-state index in [0.29, 0.717) is 12.8 Å². The van der Waals surface area contributed by atoms with Gasteiger partial charge in [-0.3, -0.25) is 4.90 Å². The topological polar surface area (TPSA) is 43.0 Å². The third-order valence-corrected chi connectivity index (χ3v) is 4.61. The van der Waals surface area contributed by atoms with Crippen molar-refractivity contribution in [1.29, 1.82) is 0 Å². The molecule has 0 aliphatic carbocycles. The average Bonchev–Trinajstić information content (AvgIpc) is 3.12. The molecular weight excluding hydrogens is 327 g/mol. The first-order valence-corrected chi connectivity index (χ1v) is 7.26. The molecule has 1 aromatic rings. The molecule has 1 aromatic carbocycles. The number of likely N-dealkylation sites (tertiary alicyclic amines) is 1. The van der Waals surface area contributed by atoms with E-state index >= 15 is 0 Å². The summed E-state index contributed by atoms with van der Waals surface area (Å²) in [5.74, 6) is 3.32. The number of nitrogens with zero attached hydrogens (tertiary/aromatic N) is 1. The zero-order valence-electron chi connectivity index (χ0n) is 12.5. The van der Waals surface area contributed by atoms with Crippen LogP contribution in [0.4, 0.5) is 0 Å². The number of fused-ring (bicyclic) bond motifs is 2. The molecule has 0 amide bonds. The molecule has 2 atom stereocenters. The van der Waals surface area contributed by atoms with E-state index in [9.17, 15) is 0 Å². The lowest BCUT2D eigenvalue weighted by Gasteiger charge is -2.19. The molecule has 3 heterocycles. The summed E-state index contributed by atoms with van der Waals surface area (Å²) in [4.78, 5) is 2.50. The van der Waals surface area contributed by atoms with Crippen molar-refractivity contribution in [2.45, 2.75) is 19.0 Å². The van der Waals surface area contributed by atoms with Crippen LogP contribution in [0, 0.1) is 5.92 Å². The van der Waals surface area contributed by atoms with Crippen molar-refractivity contribution in [3.05, 3.63) is 17.7 Å². The third-order valence-electron chi connectivity index (χ3n) is 4.61. The van der Waals surface area contributed by atoms with Gasteiger partial charge in [-0.2, -0.15) is 0 Å². The predicted octanol–water partition coefficient (Wildman–Crippen LogP) is 2.06. The molecule has 0 radical (unpaired) electrons. The number of methoxy groups -OCH3 is 1. The maximum absolute atomic E-state index is 5.50. The SMILES string of the molecule is COc1cc2c(cc1CN1C[C@@H]3CCN[C@@H]3C1)OCO2.Cl.Cl. The Kier molecular flexibility index (Phi) is 5.66. The number of benzene rings is 1. The van der Waals surface area contributed by atoms with Crippen LogP contribution in [-0.4, -0.2) is 44.5 Å². The van der Waals surface area contributed by atoms with Crippen LogP contribution in [0.1, 0.15) is 12.0 Å². The zero-order chi connectivity index (χ0) is 13.5. The van der Waals surface area contributed by atoms with Gasteiger partial charge in [0.25, 0.3) is 0 Å². The smallest absolute Gasteiger partial charge is 0.231 e. The molecule has 0 bridgehead atoms. The molecule has 124 valence electrons. The lowest BCUT2D eigenvalue weighted by atomic mass is 10.1. The van der Waals surface area contributed by atoms with Gasteiger partial charge in [-0.15, -0.1) is 24.8 Å². The summed E-state index contributed by atoms with van der Waals surface area (Å²) >= 11 is 0. The van der Waals surface area contributed by atoms with Crippen LogP contribution >= 0.6 is 24.8 Å². The van der Waals surface area contributed by atoms with Crippen molar-refractivity contribution in [3.63, 3.8) is 0 Å². The Bertz CT molecular complexity index is 518. The van der Waals surface area contributed by atoms with Crippen LogP contribution in [0.3, 0.4) is 0 Å². The molecule has 1 N–H and O–H groups in total. The summed E-state index contributed by atoms with van der Waals surface area (Å²) in [7, 11) is 1.71. The maximum atomic E-state index is 5.50. The fourth-order valence-corrected chi connectivity index (χ4v) is 3.59. The second kappa shape index (κ2) is 7.13. The van der Waals surface area contributed by atoms with Gasteiger partial charge < -0.3 is 19.5 Å². The van der Waals surface area contributed by atoms with E-state index in [1.165, 1.54) is 25.1 Å². The van der Waals surface area contributed by atoms with E-state index in [1.807, 2.05) is 6.07 Å². The van der Waals surface area contributed by atoms with Crippen molar-refractivity contribution >= 4 is 24.8 Å². The van der Waals surface area contributed by atoms with E-state index in [2.05, 4.69) is 16.3 Å². The third kappa shape index (κ3) is 3.08. The molecule has 2 saturated heterocycles. The van der Waals surface area contributed by atoms with Gasteiger partial charge in [0.05, 0.1) is 7.11 Å². The summed E-state index contributed by atoms with van der Waals surface area (Å²) in [6, 6.07) is 4.67. The van der Waals surface area contributed by atoms with Gasteiger partial charge in [0, 0.05) is 37.3 Å². The minimum absolute atomic E-state index is 0. The first-order valence-electron chi connectivity index (χ1n) is 7.26. The van der Waals surface area contributed by atoms with E-state index in [0.717, 1.165) is 36.3 Å². The summed E-state index contributed by atoms with van der Waals surface area (Å²) in [6.07, 6.45) is 1.31. The molecule has 22 heavy (non-hydrogen) atoms. The Morgan fingerprint density at radius 3 is 2.73 bits per heavy atom. The molecular formula is C15H22Cl2N2O3. The van der Waals surface area contributed by atoms with Gasteiger partial charge in [-0.25, -0.2) is 0 Å². The van der Waals surface area contributed by atoms with Gasteiger partial charge in [0.2, 0.25) is 6.79 Å². The van der Waals surface area contributed by atoms with Crippen LogP contribution in [-0.2, 0) is 6.54 Å². The van der Waals surface area contributed by atoms with Crippen molar-refractivity contribution in [2.75, 3.05) is 33.5 Å². The van der Waals surface area contributed by atoms with Gasteiger partial charge in [0.15, 0.2) is 11.5 Å². The first kappa shape index (κ1) is 17.5. The Labute approximate surface area is 143 Å². The van der Waals surface area contributed by atoms with Crippen molar-refractivity contribution < 1.29 is 14.2 Å². The molecule has 3 aliphatic heterocycles. The van der Waals surface area contributed by atoms with Crippen LogP contribution in [0.2, 0.25) is 0 Å². The van der Waals surface area contributed by atoms with E-state index in [-0.39, 0.29) is 24.8 Å². The van der Waals surface area contributed by atoms with E-state index < -0.39 is 0 Å². The molecule has 0 aromatic heterocycles. The number of ether oxygens (including phenoxy) is 3. The van der Waals surface area contributed by atoms with Gasteiger partial charge in [-0.05, 0) is 24.9 Å².